The van der Waals surface area contributed by atoms with Crippen LogP contribution in [0.3, 0.4) is 0 Å². The van der Waals surface area contributed by atoms with E-state index in [-0.39, 0.29) is 0 Å². The minimum absolute atomic E-state index is 0.803. The molecular formula is C16H11F19O3. The summed E-state index contributed by atoms with van der Waals surface area (Å²) in [6.45, 7) is -0.680. The van der Waals surface area contributed by atoms with Gasteiger partial charge in [0, 0.05) is 12.0 Å². The van der Waals surface area contributed by atoms with Crippen LogP contribution >= 0.6 is 0 Å². The van der Waals surface area contributed by atoms with E-state index in [0.29, 0.717) is 0 Å². The van der Waals surface area contributed by atoms with Crippen LogP contribution in [-0.4, -0.2) is 77.3 Å². The molecule has 0 rings (SSSR count). The number of ether oxygens (including phenoxy) is 1. The van der Waals surface area contributed by atoms with Crippen LogP contribution in [0, 0.1) is 0 Å². The Morgan fingerprint density at radius 2 is 1.03 bits per heavy atom. The first-order valence-corrected chi connectivity index (χ1v) is 8.84. The van der Waals surface area contributed by atoms with Crippen LogP contribution in [0.2, 0.25) is 0 Å². The van der Waals surface area contributed by atoms with Crippen LogP contribution in [-0.2, 0) is 9.53 Å². The van der Waals surface area contributed by atoms with Crippen molar-refractivity contribution in [2.75, 3.05) is 6.61 Å². The van der Waals surface area contributed by atoms with Crippen LogP contribution < -0.4 is 0 Å². The lowest BCUT2D eigenvalue weighted by molar-refractivity contribution is -0.465. The molecule has 3 nitrogen and oxygen atoms in total. The number of hydrogen-bond acceptors (Lipinski definition) is 3. The monoisotopic (exact) mass is 612 g/mol. The highest BCUT2D eigenvalue weighted by molar-refractivity contribution is 5.87. The second-order valence-corrected chi connectivity index (χ2v) is 7.48. The van der Waals surface area contributed by atoms with Crippen molar-refractivity contribution in [3.63, 3.8) is 0 Å². The van der Waals surface area contributed by atoms with Gasteiger partial charge in [0.1, 0.15) is 6.61 Å². The third-order valence-electron chi connectivity index (χ3n) is 4.59. The SMILES string of the molecule is C=C(CC(C)O)C(=O)OCC(F)(C(F)(F)C(F)(F)F)C(F)(F)C(F)(F)C(F)(F)C(F)(C(F)(F)F)C(F)(F)F. The van der Waals surface area contributed by atoms with Crippen molar-refractivity contribution >= 4 is 5.97 Å². The molecule has 0 heterocycles. The Kier molecular flexibility index (Phi) is 9.23. The highest BCUT2D eigenvalue weighted by atomic mass is 19.4. The summed E-state index contributed by atoms with van der Waals surface area (Å²) in [6.07, 6.45) is -27.3. The van der Waals surface area contributed by atoms with E-state index in [2.05, 4.69) is 11.3 Å². The molecule has 0 aliphatic heterocycles. The van der Waals surface area contributed by atoms with Crippen LogP contribution in [0.5, 0.6) is 0 Å². The molecule has 0 aromatic carbocycles. The maximum absolute atomic E-state index is 14.7. The molecule has 2 atom stereocenters. The van der Waals surface area contributed by atoms with Crippen molar-refractivity contribution in [1.29, 1.82) is 0 Å². The standard InChI is InChI=1S/C16H11F19O3/c1-5(3-6(2)36)7(37)38-4-8(17,11(21,22)16(33,34)35)10(19,20)13(25,26)12(23,24)9(18,14(27,28)29)15(30,31)32/h6,36H,1,3-4H2,2H3. The molecule has 0 fully saturated rings. The van der Waals surface area contributed by atoms with E-state index in [4.69, 9.17) is 5.11 Å². The van der Waals surface area contributed by atoms with Gasteiger partial charge in [-0.15, -0.1) is 0 Å². The number of rotatable bonds is 10. The zero-order valence-electron chi connectivity index (χ0n) is 17.6. The number of esters is 1. The average Bonchev–Trinajstić information content (AvgIpc) is 2.66. The molecule has 0 aromatic rings. The molecule has 0 aromatic heterocycles. The van der Waals surface area contributed by atoms with E-state index in [1.807, 2.05) is 0 Å². The van der Waals surface area contributed by atoms with E-state index < -0.39 is 84.2 Å². The first-order chi connectivity index (χ1) is 16.2. The molecular weight excluding hydrogens is 601 g/mol. The summed E-state index contributed by atoms with van der Waals surface area (Å²) < 4.78 is 255. The van der Waals surface area contributed by atoms with E-state index in [0.717, 1.165) is 6.92 Å². The van der Waals surface area contributed by atoms with Crippen molar-refractivity contribution < 1.29 is 98.1 Å². The summed E-state index contributed by atoms with van der Waals surface area (Å²) >= 11 is 0. The number of hydrogen-bond donors (Lipinski definition) is 1. The van der Waals surface area contributed by atoms with E-state index in [1.165, 1.54) is 0 Å². The number of halogens is 19. The smallest absolute Gasteiger partial charge is 0.457 e. The predicted octanol–water partition coefficient (Wildman–Crippen LogP) is 6.50. The second kappa shape index (κ2) is 9.79. The quantitative estimate of drug-likeness (QED) is 0.174. The van der Waals surface area contributed by atoms with Gasteiger partial charge in [-0.1, -0.05) is 6.58 Å². The van der Waals surface area contributed by atoms with Crippen LogP contribution in [0.15, 0.2) is 12.2 Å². The van der Waals surface area contributed by atoms with Gasteiger partial charge in [-0.25, -0.2) is 13.6 Å². The lowest BCUT2D eigenvalue weighted by Gasteiger charge is -2.46. The number of aliphatic hydroxyl groups is 1. The van der Waals surface area contributed by atoms with Crippen molar-refractivity contribution in [2.45, 2.75) is 73.0 Å². The van der Waals surface area contributed by atoms with E-state index >= 15 is 0 Å². The fourth-order valence-corrected chi connectivity index (χ4v) is 2.49. The van der Waals surface area contributed by atoms with Gasteiger partial charge in [-0.2, -0.15) is 74.6 Å². The van der Waals surface area contributed by atoms with Crippen molar-refractivity contribution in [1.82, 2.24) is 0 Å². The van der Waals surface area contributed by atoms with Crippen LogP contribution in [0.1, 0.15) is 13.3 Å². The summed E-state index contributed by atoms with van der Waals surface area (Å²) in [4.78, 5) is 11.4. The lowest BCUT2D eigenvalue weighted by atomic mass is 9.79. The Morgan fingerprint density at radius 3 is 1.32 bits per heavy atom. The summed E-state index contributed by atoms with van der Waals surface area (Å²) in [5.74, 6) is -37.5. The molecule has 22 heteroatoms. The summed E-state index contributed by atoms with van der Waals surface area (Å²) in [6, 6.07) is 0. The average molecular weight is 612 g/mol. The third kappa shape index (κ3) is 5.19. The van der Waals surface area contributed by atoms with Crippen LogP contribution in [0.25, 0.3) is 0 Å². The van der Waals surface area contributed by atoms with Crippen molar-refractivity contribution in [3.8, 4) is 0 Å². The molecule has 0 bridgehead atoms. The second-order valence-electron chi connectivity index (χ2n) is 7.48. The van der Waals surface area contributed by atoms with Gasteiger partial charge in [0.05, 0.1) is 6.10 Å². The molecule has 0 amide bonds. The van der Waals surface area contributed by atoms with E-state index in [9.17, 15) is 88.2 Å². The number of carbonyl (C=O) groups is 1. The largest absolute Gasteiger partial charge is 0.458 e. The van der Waals surface area contributed by atoms with Gasteiger partial charge >= 0.3 is 53.9 Å². The lowest BCUT2D eigenvalue weighted by Crippen LogP contribution is -2.79. The Balaban J connectivity index is 7.28. The Labute approximate surface area is 197 Å². The number of carbonyl (C=O) groups excluding carboxylic acids is 1. The van der Waals surface area contributed by atoms with Gasteiger partial charge < -0.3 is 9.84 Å². The maximum atomic E-state index is 14.7. The van der Waals surface area contributed by atoms with Crippen molar-refractivity contribution in [3.05, 3.63) is 12.2 Å². The fraction of sp³-hybridized carbons (Fsp3) is 0.812. The predicted molar refractivity (Wildman–Crippen MR) is 82.0 cm³/mol. The zero-order chi connectivity index (χ0) is 31.4. The topological polar surface area (TPSA) is 46.5 Å². The van der Waals surface area contributed by atoms with Gasteiger partial charge in [-0.05, 0) is 6.92 Å². The molecule has 0 saturated carbocycles. The summed E-state index contributed by atoms with van der Waals surface area (Å²) in [5, 5.41) is 8.94. The highest BCUT2D eigenvalue weighted by Crippen LogP contribution is 2.66. The number of alkyl halides is 19. The molecule has 38 heavy (non-hydrogen) atoms. The Bertz CT molecular complexity index is 868. The normalized spacial score (nSPS) is 17.6. The molecule has 2 unspecified atom stereocenters. The van der Waals surface area contributed by atoms with E-state index in [1.54, 1.807) is 0 Å². The first-order valence-electron chi connectivity index (χ1n) is 8.84. The maximum Gasteiger partial charge on any atom is 0.457 e. The minimum atomic E-state index is -9.06. The van der Waals surface area contributed by atoms with Gasteiger partial charge in [0.25, 0.3) is 5.67 Å². The molecule has 0 aliphatic rings. The van der Waals surface area contributed by atoms with Gasteiger partial charge in [0.2, 0.25) is 0 Å². The number of aliphatic hydroxyl groups excluding tert-OH is 1. The summed E-state index contributed by atoms with van der Waals surface area (Å²) in [7, 11) is 0. The van der Waals surface area contributed by atoms with Gasteiger partial charge in [-0.3, -0.25) is 0 Å². The molecule has 0 spiro atoms. The molecule has 1 N–H and O–H groups in total. The van der Waals surface area contributed by atoms with Crippen LogP contribution in [0.4, 0.5) is 83.4 Å². The van der Waals surface area contributed by atoms with Crippen molar-refractivity contribution in [2.24, 2.45) is 0 Å². The highest BCUT2D eigenvalue weighted by Gasteiger charge is 2.98. The molecule has 0 saturated heterocycles. The fourth-order valence-electron chi connectivity index (χ4n) is 2.49. The van der Waals surface area contributed by atoms with Gasteiger partial charge in [0.15, 0.2) is 0 Å². The summed E-state index contributed by atoms with van der Waals surface area (Å²) in [5.41, 5.74) is -17.9. The Morgan fingerprint density at radius 1 is 0.658 bits per heavy atom. The zero-order valence-corrected chi connectivity index (χ0v) is 17.6. The third-order valence-corrected chi connectivity index (χ3v) is 4.59. The minimum Gasteiger partial charge on any atom is -0.458 e. The first kappa shape index (κ1) is 35.8. The Hall–Kier alpha value is -2.16. The molecule has 0 aliphatic carbocycles. The molecule has 226 valence electrons. The molecule has 0 radical (unpaired) electrons.